The van der Waals surface area contributed by atoms with Crippen LogP contribution in [0.4, 0.5) is 5.69 Å². The zero-order valence-corrected chi connectivity index (χ0v) is 14.8. The van der Waals surface area contributed by atoms with Crippen molar-refractivity contribution < 1.29 is 4.42 Å². The molecule has 0 aliphatic rings. The van der Waals surface area contributed by atoms with E-state index in [4.69, 9.17) is 4.42 Å². The number of rotatable bonds is 5. The van der Waals surface area contributed by atoms with Gasteiger partial charge in [0.15, 0.2) is 11.2 Å². The number of aromatic nitrogens is 2. The van der Waals surface area contributed by atoms with E-state index in [1.807, 2.05) is 54.6 Å². The van der Waals surface area contributed by atoms with Crippen molar-refractivity contribution >= 4 is 35.4 Å². The van der Waals surface area contributed by atoms with Crippen molar-refractivity contribution in [1.29, 1.82) is 0 Å². The molecule has 2 aromatic carbocycles. The van der Waals surface area contributed by atoms with Gasteiger partial charge >= 0.3 is 0 Å². The van der Waals surface area contributed by atoms with Crippen molar-refractivity contribution in [3.63, 3.8) is 0 Å². The van der Waals surface area contributed by atoms with E-state index in [1.54, 1.807) is 6.20 Å². The van der Waals surface area contributed by atoms with Crippen molar-refractivity contribution in [1.82, 2.24) is 9.97 Å². The summed E-state index contributed by atoms with van der Waals surface area (Å²) < 4.78 is 5.78. The van der Waals surface area contributed by atoms with Crippen LogP contribution in [-0.2, 0) is 0 Å². The highest BCUT2D eigenvalue weighted by Crippen LogP contribution is 2.25. The van der Waals surface area contributed by atoms with Crippen molar-refractivity contribution in [2.45, 2.75) is 0 Å². The predicted octanol–water partition coefficient (Wildman–Crippen LogP) is 5.44. The maximum absolute atomic E-state index is 5.78. The van der Waals surface area contributed by atoms with Crippen LogP contribution in [0.3, 0.4) is 0 Å². The third-order valence-electron chi connectivity index (χ3n) is 3.81. The second-order valence-corrected chi connectivity index (χ2v) is 5.62. The second-order valence-electron chi connectivity index (χ2n) is 5.62. The molecule has 2 heterocycles. The number of anilines is 1. The molecule has 0 bridgehead atoms. The minimum Gasteiger partial charge on any atom is -0.434 e. The molecule has 2 aromatic heterocycles. The predicted molar refractivity (Wildman–Crippen MR) is 108 cm³/mol. The maximum Gasteiger partial charge on any atom is 0.228 e. The summed E-state index contributed by atoms with van der Waals surface area (Å²) in [5.74, 6) is 0.581. The number of halogens is 1. The lowest BCUT2D eigenvalue weighted by Crippen LogP contribution is -1.97. The van der Waals surface area contributed by atoms with E-state index in [-0.39, 0.29) is 12.4 Å². The largest absolute Gasteiger partial charge is 0.434 e. The molecule has 130 valence electrons. The van der Waals surface area contributed by atoms with Gasteiger partial charge in [-0.05, 0) is 35.9 Å². The van der Waals surface area contributed by atoms with Gasteiger partial charge in [0, 0.05) is 24.0 Å². The molecule has 0 radical (unpaired) electrons. The highest BCUT2D eigenvalue weighted by Gasteiger charge is 2.08. The molecule has 5 heteroatoms. The quantitative estimate of drug-likeness (QED) is 0.513. The molecule has 0 amide bonds. The molecule has 4 aromatic rings. The van der Waals surface area contributed by atoms with E-state index >= 15 is 0 Å². The molecule has 1 N–H and O–H groups in total. The molecular formula is C21H18ClN3O. The van der Waals surface area contributed by atoms with Gasteiger partial charge in [0.05, 0.1) is 0 Å². The van der Waals surface area contributed by atoms with Gasteiger partial charge in [0.2, 0.25) is 5.89 Å². The van der Waals surface area contributed by atoms with Crippen LogP contribution in [-0.4, -0.2) is 16.5 Å². The van der Waals surface area contributed by atoms with Gasteiger partial charge in [0.25, 0.3) is 0 Å². The van der Waals surface area contributed by atoms with Gasteiger partial charge in [-0.1, -0.05) is 48.6 Å². The molecule has 0 unspecified atom stereocenters. The minimum atomic E-state index is 0. The number of nitrogens with zero attached hydrogens (tertiary/aromatic N) is 2. The monoisotopic (exact) mass is 363 g/mol. The van der Waals surface area contributed by atoms with Crippen molar-refractivity contribution in [2.75, 3.05) is 11.9 Å². The van der Waals surface area contributed by atoms with E-state index in [2.05, 4.69) is 39.6 Å². The number of hydrogen-bond donors (Lipinski definition) is 1. The first-order chi connectivity index (χ1) is 12.4. The van der Waals surface area contributed by atoms with Crippen LogP contribution in [0.5, 0.6) is 0 Å². The highest BCUT2D eigenvalue weighted by molar-refractivity contribution is 5.85. The lowest BCUT2D eigenvalue weighted by molar-refractivity contribution is 0.619. The molecule has 4 rings (SSSR count). The zero-order valence-electron chi connectivity index (χ0n) is 14.0. The van der Waals surface area contributed by atoms with Crippen LogP contribution in [0.15, 0.2) is 83.4 Å². The molecule has 0 saturated carbocycles. The summed E-state index contributed by atoms with van der Waals surface area (Å²) >= 11 is 0. The Morgan fingerprint density at radius 1 is 0.962 bits per heavy atom. The van der Waals surface area contributed by atoms with Crippen LogP contribution in [0.25, 0.3) is 28.8 Å². The average molecular weight is 364 g/mol. The first kappa shape index (κ1) is 17.7. The Morgan fingerprint density at radius 3 is 2.69 bits per heavy atom. The number of nitrogens with one attached hydrogen (secondary N) is 1. The number of oxazole rings is 1. The third kappa shape index (κ3) is 4.10. The first-order valence-electron chi connectivity index (χ1n) is 8.16. The summed E-state index contributed by atoms with van der Waals surface area (Å²) in [7, 11) is 0. The van der Waals surface area contributed by atoms with E-state index in [9.17, 15) is 0 Å². The molecular weight excluding hydrogens is 346 g/mol. The molecule has 0 spiro atoms. The standard InChI is InChI=1S/C21H17N3O.ClH/c1-2-7-16(8-3-1)9-5-13-22-18-11-4-10-17(15-18)21-24-20-19(25-21)12-6-14-23-20;/h1-12,14-15,22H,13H2;1H/b9-5+;. The van der Waals surface area contributed by atoms with Crippen LogP contribution in [0.2, 0.25) is 0 Å². The summed E-state index contributed by atoms with van der Waals surface area (Å²) in [5, 5.41) is 3.39. The van der Waals surface area contributed by atoms with Crippen molar-refractivity contribution in [3.8, 4) is 11.5 Å². The Morgan fingerprint density at radius 2 is 1.85 bits per heavy atom. The van der Waals surface area contributed by atoms with E-state index in [0.29, 0.717) is 17.1 Å². The normalized spacial score (nSPS) is 10.8. The fraction of sp³-hybridized carbons (Fsp3) is 0.0476. The fourth-order valence-corrected chi connectivity index (χ4v) is 2.59. The SMILES string of the molecule is C(=C\c1ccccc1)/CNc1cccc(-c2nc3ncccc3o2)c1.Cl. The fourth-order valence-electron chi connectivity index (χ4n) is 2.59. The molecule has 0 aliphatic heterocycles. The topological polar surface area (TPSA) is 51.0 Å². The minimum absolute atomic E-state index is 0. The number of pyridine rings is 1. The van der Waals surface area contributed by atoms with Gasteiger partial charge < -0.3 is 9.73 Å². The zero-order chi connectivity index (χ0) is 16.9. The Labute approximate surface area is 158 Å². The van der Waals surface area contributed by atoms with Gasteiger partial charge in [0.1, 0.15) is 0 Å². The third-order valence-corrected chi connectivity index (χ3v) is 3.81. The van der Waals surface area contributed by atoms with Gasteiger partial charge in [-0.2, -0.15) is 4.98 Å². The van der Waals surface area contributed by atoms with Crippen LogP contribution >= 0.6 is 12.4 Å². The highest BCUT2D eigenvalue weighted by atomic mass is 35.5. The second kappa shape index (κ2) is 8.32. The van der Waals surface area contributed by atoms with Crippen LogP contribution in [0.1, 0.15) is 5.56 Å². The Balaban J connectivity index is 0.00000196. The lowest BCUT2D eigenvalue weighted by Gasteiger charge is -2.04. The van der Waals surface area contributed by atoms with Crippen molar-refractivity contribution in [3.05, 3.63) is 84.6 Å². The Kier molecular flexibility index (Phi) is 5.66. The van der Waals surface area contributed by atoms with E-state index in [0.717, 1.165) is 17.8 Å². The summed E-state index contributed by atoms with van der Waals surface area (Å²) in [5.41, 5.74) is 4.46. The summed E-state index contributed by atoms with van der Waals surface area (Å²) in [4.78, 5) is 8.65. The van der Waals surface area contributed by atoms with Gasteiger partial charge in [-0.3, -0.25) is 0 Å². The van der Waals surface area contributed by atoms with Gasteiger partial charge in [-0.15, -0.1) is 12.4 Å². The van der Waals surface area contributed by atoms with Gasteiger partial charge in [-0.25, -0.2) is 4.98 Å². The molecule has 26 heavy (non-hydrogen) atoms. The van der Waals surface area contributed by atoms with Crippen molar-refractivity contribution in [2.24, 2.45) is 0 Å². The first-order valence-corrected chi connectivity index (χ1v) is 8.16. The Hall–Kier alpha value is -3.11. The number of benzene rings is 2. The summed E-state index contributed by atoms with van der Waals surface area (Å²) in [6.45, 7) is 0.744. The average Bonchev–Trinajstić information content (AvgIpc) is 3.11. The molecule has 0 aliphatic carbocycles. The molecule has 0 fully saturated rings. The Bertz CT molecular complexity index is 979. The molecule has 0 saturated heterocycles. The maximum atomic E-state index is 5.78. The van der Waals surface area contributed by atoms with E-state index in [1.165, 1.54) is 5.56 Å². The van der Waals surface area contributed by atoms with Crippen LogP contribution in [0, 0.1) is 0 Å². The van der Waals surface area contributed by atoms with E-state index < -0.39 is 0 Å². The number of fused-ring (bicyclic) bond motifs is 1. The summed E-state index contributed by atoms with van der Waals surface area (Å²) in [6, 6.07) is 22.0. The smallest absolute Gasteiger partial charge is 0.228 e. The molecule has 0 atom stereocenters. The number of hydrogen-bond acceptors (Lipinski definition) is 4. The van der Waals surface area contributed by atoms with Crippen LogP contribution < -0.4 is 5.32 Å². The summed E-state index contributed by atoms with van der Waals surface area (Å²) in [6.07, 6.45) is 5.92. The molecule has 4 nitrogen and oxygen atoms in total. The lowest BCUT2D eigenvalue weighted by atomic mass is 10.2.